The Morgan fingerprint density at radius 3 is 2.53 bits per heavy atom. The molecule has 2 atom stereocenters. The van der Waals surface area contributed by atoms with Gasteiger partial charge in [-0.1, -0.05) is 19.9 Å². The van der Waals surface area contributed by atoms with Crippen molar-refractivity contribution in [3.63, 3.8) is 0 Å². The highest BCUT2D eigenvalue weighted by Crippen LogP contribution is 2.25. The largest absolute Gasteiger partial charge is 0.480 e. The summed E-state index contributed by atoms with van der Waals surface area (Å²) in [7, 11) is 0. The molecule has 0 saturated heterocycles. The van der Waals surface area contributed by atoms with Crippen molar-refractivity contribution in [3.8, 4) is 0 Å². The van der Waals surface area contributed by atoms with Crippen molar-refractivity contribution >= 4 is 23.2 Å². The van der Waals surface area contributed by atoms with Crippen molar-refractivity contribution < 1.29 is 14.7 Å². The predicted molar refractivity (Wildman–Crippen MR) is 75.1 cm³/mol. The Hall–Kier alpha value is -1.40. The zero-order valence-corrected chi connectivity index (χ0v) is 12.2. The lowest BCUT2D eigenvalue weighted by Crippen LogP contribution is -2.43. The van der Waals surface area contributed by atoms with Gasteiger partial charge in [-0.05, 0) is 24.3 Å². The van der Waals surface area contributed by atoms with Gasteiger partial charge in [0.05, 0.1) is 12.6 Å². The van der Waals surface area contributed by atoms with Crippen LogP contribution in [0.2, 0.25) is 0 Å². The summed E-state index contributed by atoms with van der Waals surface area (Å²) < 4.78 is 0. The van der Waals surface area contributed by atoms with Crippen molar-refractivity contribution in [1.29, 1.82) is 0 Å². The van der Waals surface area contributed by atoms with Crippen LogP contribution in [0, 0.1) is 5.92 Å². The molecule has 0 aliphatic heterocycles. The van der Waals surface area contributed by atoms with E-state index in [1.165, 1.54) is 6.92 Å². The molecule has 5 nitrogen and oxygen atoms in total. The van der Waals surface area contributed by atoms with Crippen LogP contribution in [0.25, 0.3) is 0 Å². The summed E-state index contributed by atoms with van der Waals surface area (Å²) in [4.78, 5) is 23.6. The number of thiophene rings is 1. The van der Waals surface area contributed by atoms with Crippen LogP contribution in [0.15, 0.2) is 17.5 Å². The number of amides is 1. The predicted octanol–water partition coefficient (Wildman–Crippen LogP) is 1.62. The lowest BCUT2D eigenvalue weighted by atomic mass is 10.0. The van der Waals surface area contributed by atoms with E-state index in [1.54, 1.807) is 11.3 Å². The second-order valence-corrected chi connectivity index (χ2v) is 5.72. The van der Waals surface area contributed by atoms with Crippen LogP contribution in [0.4, 0.5) is 0 Å². The van der Waals surface area contributed by atoms with Gasteiger partial charge in [-0.15, -0.1) is 11.3 Å². The topological polar surface area (TPSA) is 78.4 Å². The van der Waals surface area contributed by atoms with Gasteiger partial charge in [-0.25, -0.2) is 0 Å². The van der Waals surface area contributed by atoms with Crippen LogP contribution in [-0.2, 0) is 9.59 Å². The van der Waals surface area contributed by atoms with Crippen LogP contribution in [0.3, 0.4) is 0 Å². The molecule has 106 valence electrons. The van der Waals surface area contributed by atoms with Crippen LogP contribution in [0.5, 0.6) is 0 Å². The van der Waals surface area contributed by atoms with Crippen molar-refractivity contribution in [3.05, 3.63) is 22.4 Å². The molecule has 1 amide bonds. The molecule has 1 heterocycles. The molecule has 0 spiro atoms. The van der Waals surface area contributed by atoms with Gasteiger partial charge in [0.25, 0.3) is 0 Å². The normalized spacial score (nSPS) is 14.1. The summed E-state index contributed by atoms with van der Waals surface area (Å²) in [5, 5.41) is 16.3. The van der Waals surface area contributed by atoms with Gasteiger partial charge in [0, 0.05) is 4.88 Å². The van der Waals surface area contributed by atoms with E-state index in [1.807, 2.05) is 31.4 Å². The number of aliphatic carboxylic acids is 1. The van der Waals surface area contributed by atoms with E-state index in [9.17, 15) is 9.59 Å². The smallest absolute Gasteiger partial charge is 0.320 e. The minimum Gasteiger partial charge on any atom is -0.480 e. The van der Waals surface area contributed by atoms with Gasteiger partial charge in [-0.2, -0.15) is 0 Å². The Balaban J connectivity index is 2.51. The van der Waals surface area contributed by atoms with Gasteiger partial charge in [0.15, 0.2) is 0 Å². The third-order valence-electron chi connectivity index (χ3n) is 2.77. The average molecular weight is 284 g/mol. The summed E-state index contributed by atoms with van der Waals surface area (Å²) >= 11 is 1.60. The van der Waals surface area contributed by atoms with E-state index < -0.39 is 12.0 Å². The molecule has 0 saturated carbocycles. The van der Waals surface area contributed by atoms with Crippen molar-refractivity contribution in [2.45, 2.75) is 32.9 Å². The maximum atomic E-state index is 11.8. The number of nitrogens with one attached hydrogen (secondary N) is 2. The average Bonchev–Trinajstić information content (AvgIpc) is 2.85. The molecule has 0 aliphatic carbocycles. The molecule has 1 aromatic rings. The number of carbonyl (C=O) groups excluding carboxylic acids is 1. The Kier molecular flexibility index (Phi) is 5.98. The molecule has 0 radical (unpaired) electrons. The Morgan fingerprint density at radius 2 is 2.05 bits per heavy atom. The monoisotopic (exact) mass is 284 g/mol. The van der Waals surface area contributed by atoms with Crippen LogP contribution < -0.4 is 10.6 Å². The third kappa shape index (κ3) is 5.00. The highest BCUT2D eigenvalue weighted by molar-refractivity contribution is 7.10. The van der Waals surface area contributed by atoms with Gasteiger partial charge in [-0.3, -0.25) is 14.9 Å². The summed E-state index contributed by atoms with van der Waals surface area (Å²) in [5.74, 6) is -0.883. The molecular formula is C13H20N2O3S. The molecule has 3 N–H and O–H groups in total. The van der Waals surface area contributed by atoms with Gasteiger partial charge in [0.1, 0.15) is 6.04 Å². The lowest BCUT2D eigenvalue weighted by Gasteiger charge is -2.21. The van der Waals surface area contributed by atoms with Gasteiger partial charge < -0.3 is 10.4 Å². The lowest BCUT2D eigenvalue weighted by molar-refractivity contribution is -0.139. The first-order valence-electron chi connectivity index (χ1n) is 6.20. The summed E-state index contributed by atoms with van der Waals surface area (Å²) in [6.45, 7) is 5.59. The fourth-order valence-corrected chi connectivity index (χ4v) is 2.54. The van der Waals surface area contributed by atoms with E-state index in [0.717, 1.165) is 4.88 Å². The number of carboxylic acid groups (broad SMARTS) is 1. The second-order valence-electron chi connectivity index (χ2n) is 4.75. The van der Waals surface area contributed by atoms with Crippen molar-refractivity contribution in [1.82, 2.24) is 10.6 Å². The number of carbonyl (C=O) groups is 2. The zero-order chi connectivity index (χ0) is 14.4. The molecule has 2 unspecified atom stereocenters. The van der Waals surface area contributed by atoms with Crippen LogP contribution in [-0.4, -0.2) is 29.6 Å². The minimum atomic E-state index is -0.966. The van der Waals surface area contributed by atoms with Gasteiger partial charge >= 0.3 is 5.97 Å². The highest BCUT2D eigenvalue weighted by atomic mass is 32.1. The first kappa shape index (κ1) is 15.7. The standard InChI is InChI=1S/C13H20N2O3S/c1-8(2)12(10-5-4-6-19-10)15-11(16)7-14-9(3)13(17)18/h4-6,8-9,12,14H,7H2,1-3H3,(H,15,16)(H,17,18). The number of hydrogen-bond acceptors (Lipinski definition) is 4. The number of hydrogen-bond donors (Lipinski definition) is 3. The van der Waals surface area contributed by atoms with Crippen molar-refractivity contribution in [2.75, 3.05) is 6.54 Å². The quantitative estimate of drug-likeness (QED) is 0.711. The molecule has 1 aromatic heterocycles. The van der Waals surface area contributed by atoms with Gasteiger partial charge in [0.2, 0.25) is 5.91 Å². The van der Waals surface area contributed by atoms with Crippen molar-refractivity contribution in [2.24, 2.45) is 5.92 Å². The highest BCUT2D eigenvalue weighted by Gasteiger charge is 2.20. The van der Waals surface area contributed by atoms with Crippen LogP contribution >= 0.6 is 11.3 Å². The fourth-order valence-electron chi connectivity index (χ4n) is 1.59. The second kappa shape index (κ2) is 7.25. The van der Waals surface area contributed by atoms with E-state index in [2.05, 4.69) is 10.6 Å². The number of rotatable bonds is 7. The van der Waals surface area contributed by atoms with E-state index in [0.29, 0.717) is 0 Å². The molecular weight excluding hydrogens is 264 g/mol. The molecule has 0 bridgehead atoms. The Morgan fingerprint density at radius 1 is 1.37 bits per heavy atom. The number of carboxylic acids is 1. The first-order valence-corrected chi connectivity index (χ1v) is 7.08. The van der Waals surface area contributed by atoms with E-state index in [4.69, 9.17) is 5.11 Å². The Bertz CT molecular complexity index is 418. The molecule has 0 aromatic carbocycles. The summed E-state index contributed by atoms with van der Waals surface area (Å²) in [5.41, 5.74) is 0. The fraction of sp³-hybridized carbons (Fsp3) is 0.538. The Labute approximate surface area is 117 Å². The van der Waals surface area contributed by atoms with E-state index >= 15 is 0 Å². The summed E-state index contributed by atoms with van der Waals surface area (Å²) in [6.07, 6.45) is 0. The third-order valence-corrected chi connectivity index (χ3v) is 3.73. The zero-order valence-electron chi connectivity index (χ0n) is 11.3. The maximum Gasteiger partial charge on any atom is 0.320 e. The molecule has 1 rings (SSSR count). The summed E-state index contributed by atoms with van der Waals surface area (Å²) in [6, 6.07) is 3.18. The maximum absolute atomic E-state index is 11.8. The molecule has 0 aliphatic rings. The minimum absolute atomic E-state index is 0.00205. The molecule has 19 heavy (non-hydrogen) atoms. The first-order chi connectivity index (χ1) is 8.91. The molecule has 0 fully saturated rings. The molecule has 6 heteroatoms. The van der Waals surface area contributed by atoms with E-state index in [-0.39, 0.29) is 24.4 Å². The van der Waals surface area contributed by atoms with Crippen LogP contribution in [0.1, 0.15) is 31.7 Å². The SMILES string of the molecule is CC(NCC(=O)NC(c1cccs1)C(C)C)C(=O)O.